The molecule has 0 saturated carbocycles. The molecule has 0 spiro atoms. The largest absolute Gasteiger partial charge is 0.348 e. The fraction of sp³-hybridized carbons (Fsp3) is 0.188. The number of hydrogen-bond donors (Lipinski definition) is 2. The van der Waals surface area contributed by atoms with Crippen molar-refractivity contribution in [3.05, 3.63) is 64.2 Å². The standard InChI is InChI=1S/C16H16ClNOS/c1-2-11-5-3-4-6-12(11)10-18-16(19)14-9-13(20)7-8-15(14)17/h3-9,20H,2,10H2,1H3,(H,18,19). The number of thiol groups is 1. The number of nitrogens with one attached hydrogen (secondary N) is 1. The molecule has 1 amide bonds. The summed E-state index contributed by atoms with van der Waals surface area (Å²) in [6.45, 7) is 2.60. The van der Waals surface area contributed by atoms with Gasteiger partial charge in [0.1, 0.15) is 0 Å². The van der Waals surface area contributed by atoms with Crippen molar-refractivity contribution in [1.82, 2.24) is 5.32 Å². The number of aryl methyl sites for hydroxylation is 1. The average Bonchev–Trinajstić information content (AvgIpc) is 2.47. The molecule has 1 N–H and O–H groups in total. The first-order valence-corrected chi connectivity index (χ1v) is 7.28. The highest BCUT2D eigenvalue weighted by molar-refractivity contribution is 7.80. The minimum absolute atomic E-state index is 0.184. The molecule has 2 aromatic rings. The van der Waals surface area contributed by atoms with Crippen LogP contribution in [-0.4, -0.2) is 5.91 Å². The van der Waals surface area contributed by atoms with Crippen molar-refractivity contribution < 1.29 is 4.79 Å². The quantitative estimate of drug-likeness (QED) is 0.817. The van der Waals surface area contributed by atoms with E-state index < -0.39 is 0 Å². The van der Waals surface area contributed by atoms with Gasteiger partial charge in [-0.1, -0.05) is 42.8 Å². The van der Waals surface area contributed by atoms with Crippen LogP contribution >= 0.6 is 24.2 Å². The Morgan fingerprint density at radius 2 is 1.90 bits per heavy atom. The van der Waals surface area contributed by atoms with Gasteiger partial charge >= 0.3 is 0 Å². The first-order valence-electron chi connectivity index (χ1n) is 6.45. The summed E-state index contributed by atoms with van der Waals surface area (Å²) in [6.07, 6.45) is 0.943. The van der Waals surface area contributed by atoms with Crippen molar-refractivity contribution in [3.63, 3.8) is 0 Å². The van der Waals surface area contributed by atoms with E-state index in [-0.39, 0.29) is 5.91 Å². The predicted molar refractivity (Wildman–Crippen MR) is 85.7 cm³/mol. The molecular weight excluding hydrogens is 290 g/mol. The summed E-state index contributed by atoms with van der Waals surface area (Å²) in [4.78, 5) is 12.9. The normalized spacial score (nSPS) is 10.3. The highest BCUT2D eigenvalue weighted by Crippen LogP contribution is 2.19. The zero-order valence-electron chi connectivity index (χ0n) is 11.2. The predicted octanol–water partition coefficient (Wildman–Crippen LogP) is 4.12. The fourth-order valence-corrected chi connectivity index (χ4v) is 2.44. The molecule has 0 saturated heterocycles. The Morgan fingerprint density at radius 3 is 2.60 bits per heavy atom. The van der Waals surface area contributed by atoms with E-state index in [2.05, 4.69) is 30.9 Å². The fourth-order valence-electron chi connectivity index (χ4n) is 2.03. The van der Waals surface area contributed by atoms with Crippen LogP contribution in [-0.2, 0) is 13.0 Å². The van der Waals surface area contributed by atoms with Crippen LogP contribution in [0.15, 0.2) is 47.4 Å². The number of rotatable bonds is 4. The number of carbonyl (C=O) groups is 1. The van der Waals surface area contributed by atoms with E-state index in [1.165, 1.54) is 5.56 Å². The lowest BCUT2D eigenvalue weighted by atomic mass is 10.1. The lowest BCUT2D eigenvalue weighted by molar-refractivity contribution is 0.0951. The summed E-state index contributed by atoms with van der Waals surface area (Å²) in [5.41, 5.74) is 2.82. The molecule has 0 aliphatic carbocycles. The summed E-state index contributed by atoms with van der Waals surface area (Å²) in [5, 5.41) is 3.34. The zero-order chi connectivity index (χ0) is 14.5. The van der Waals surface area contributed by atoms with E-state index in [0.29, 0.717) is 22.0 Å². The molecule has 0 heterocycles. The van der Waals surface area contributed by atoms with Gasteiger partial charge in [-0.3, -0.25) is 4.79 Å². The molecule has 2 rings (SSSR count). The lowest BCUT2D eigenvalue weighted by Crippen LogP contribution is -2.23. The van der Waals surface area contributed by atoms with Crippen LogP contribution in [0.3, 0.4) is 0 Å². The first-order chi connectivity index (χ1) is 9.61. The van der Waals surface area contributed by atoms with E-state index in [0.717, 1.165) is 12.0 Å². The van der Waals surface area contributed by atoms with Gasteiger partial charge in [0, 0.05) is 11.4 Å². The summed E-state index contributed by atoms with van der Waals surface area (Å²) in [5.74, 6) is -0.184. The molecule has 0 aliphatic heterocycles. The van der Waals surface area contributed by atoms with E-state index in [1.807, 2.05) is 18.2 Å². The number of benzene rings is 2. The van der Waals surface area contributed by atoms with Crippen LogP contribution in [0, 0.1) is 0 Å². The molecule has 2 nitrogen and oxygen atoms in total. The Hall–Kier alpha value is -1.45. The minimum atomic E-state index is -0.184. The summed E-state index contributed by atoms with van der Waals surface area (Å²) in [6, 6.07) is 13.2. The molecule has 0 radical (unpaired) electrons. The Morgan fingerprint density at radius 1 is 1.20 bits per heavy atom. The third-order valence-electron chi connectivity index (χ3n) is 3.13. The van der Waals surface area contributed by atoms with Crippen LogP contribution in [0.2, 0.25) is 5.02 Å². The molecule has 0 unspecified atom stereocenters. The molecule has 20 heavy (non-hydrogen) atoms. The van der Waals surface area contributed by atoms with Crippen molar-refractivity contribution in [3.8, 4) is 0 Å². The van der Waals surface area contributed by atoms with Gasteiger partial charge in [0.05, 0.1) is 10.6 Å². The van der Waals surface area contributed by atoms with Crippen molar-refractivity contribution in [2.24, 2.45) is 0 Å². The van der Waals surface area contributed by atoms with Gasteiger partial charge in [0.25, 0.3) is 5.91 Å². The second-order valence-electron chi connectivity index (χ2n) is 4.47. The highest BCUT2D eigenvalue weighted by atomic mass is 35.5. The third-order valence-corrected chi connectivity index (χ3v) is 3.74. The van der Waals surface area contributed by atoms with E-state index in [9.17, 15) is 4.79 Å². The lowest BCUT2D eigenvalue weighted by Gasteiger charge is -2.10. The first kappa shape index (κ1) is 14.9. The van der Waals surface area contributed by atoms with Gasteiger partial charge in [-0.25, -0.2) is 0 Å². The van der Waals surface area contributed by atoms with Gasteiger partial charge in [-0.15, -0.1) is 12.6 Å². The van der Waals surface area contributed by atoms with Crippen LogP contribution < -0.4 is 5.32 Å². The van der Waals surface area contributed by atoms with E-state index in [4.69, 9.17) is 11.6 Å². The van der Waals surface area contributed by atoms with Gasteiger partial charge in [-0.2, -0.15) is 0 Å². The Labute approximate surface area is 129 Å². The Bertz CT molecular complexity index is 628. The number of hydrogen-bond acceptors (Lipinski definition) is 2. The molecular formula is C16H16ClNOS. The van der Waals surface area contributed by atoms with E-state index >= 15 is 0 Å². The SMILES string of the molecule is CCc1ccccc1CNC(=O)c1cc(S)ccc1Cl. The molecule has 0 atom stereocenters. The Balaban J connectivity index is 2.11. The van der Waals surface area contributed by atoms with Crippen LogP contribution in [0.5, 0.6) is 0 Å². The van der Waals surface area contributed by atoms with Gasteiger partial charge in [0.2, 0.25) is 0 Å². The van der Waals surface area contributed by atoms with Crippen LogP contribution in [0.4, 0.5) is 0 Å². The van der Waals surface area contributed by atoms with Gasteiger partial charge in [0.15, 0.2) is 0 Å². The average molecular weight is 306 g/mol. The summed E-state index contributed by atoms with van der Waals surface area (Å²) in [7, 11) is 0. The molecule has 2 aromatic carbocycles. The van der Waals surface area contributed by atoms with Crippen LogP contribution in [0.1, 0.15) is 28.4 Å². The molecule has 4 heteroatoms. The van der Waals surface area contributed by atoms with Crippen LogP contribution in [0.25, 0.3) is 0 Å². The molecule has 0 bridgehead atoms. The monoisotopic (exact) mass is 305 g/mol. The second-order valence-corrected chi connectivity index (χ2v) is 5.39. The smallest absolute Gasteiger partial charge is 0.253 e. The van der Waals surface area contributed by atoms with Crippen molar-refractivity contribution in [2.75, 3.05) is 0 Å². The topological polar surface area (TPSA) is 29.1 Å². The summed E-state index contributed by atoms with van der Waals surface area (Å²) < 4.78 is 0. The maximum absolute atomic E-state index is 12.2. The Kier molecular flexibility index (Phi) is 5.10. The molecule has 0 aliphatic rings. The number of carbonyl (C=O) groups excluding carboxylic acids is 1. The van der Waals surface area contributed by atoms with Crippen molar-refractivity contribution >= 4 is 30.1 Å². The molecule has 104 valence electrons. The molecule has 0 aromatic heterocycles. The zero-order valence-corrected chi connectivity index (χ0v) is 12.8. The van der Waals surface area contributed by atoms with Crippen molar-refractivity contribution in [1.29, 1.82) is 0 Å². The molecule has 0 fully saturated rings. The van der Waals surface area contributed by atoms with E-state index in [1.54, 1.807) is 18.2 Å². The minimum Gasteiger partial charge on any atom is -0.348 e. The maximum atomic E-state index is 12.2. The van der Waals surface area contributed by atoms with Crippen molar-refractivity contribution in [2.45, 2.75) is 24.8 Å². The number of amides is 1. The van der Waals surface area contributed by atoms with Gasteiger partial charge in [-0.05, 0) is 35.7 Å². The second kappa shape index (κ2) is 6.82. The maximum Gasteiger partial charge on any atom is 0.253 e. The summed E-state index contributed by atoms with van der Waals surface area (Å²) >= 11 is 10.3. The third kappa shape index (κ3) is 3.56. The number of halogens is 1. The highest BCUT2D eigenvalue weighted by Gasteiger charge is 2.11. The van der Waals surface area contributed by atoms with Gasteiger partial charge < -0.3 is 5.32 Å².